The predicted octanol–water partition coefficient (Wildman–Crippen LogP) is 5.33. The van der Waals surface area contributed by atoms with Gasteiger partial charge in [0.2, 0.25) is 0 Å². The van der Waals surface area contributed by atoms with E-state index in [1.807, 2.05) is 36.4 Å². The van der Waals surface area contributed by atoms with Gasteiger partial charge in [-0.15, -0.1) is 0 Å². The van der Waals surface area contributed by atoms with Gasteiger partial charge < -0.3 is 14.7 Å². The van der Waals surface area contributed by atoms with Crippen molar-refractivity contribution in [2.24, 2.45) is 5.92 Å². The molecule has 0 saturated carbocycles. The minimum absolute atomic E-state index is 0.133. The lowest BCUT2D eigenvalue weighted by molar-refractivity contribution is -0.139. The van der Waals surface area contributed by atoms with Crippen LogP contribution in [-0.4, -0.2) is 34.8 Å². The van der Waals surface area contributed by atoms with E-state index in [4.69, 9.17) is 4.74 Å². The van der Waals surface area contributed by atoms with Crippen LogP contribution in [0.4, 0.5) is 0 Å². The van der Waals surface area contributed by atoms with Gasteiger partial charge in [-0.2, -0.15) is 0 Å². The summed E-state index contributed by atoms with van der Waals surface area (Å²) >= 11 is 0. The third-order valence-electron chi connectivity index (χ3n) is 5.35. The number of amides is 1. The zero-order valence-electron chi connectivity index (χ0n) is 18.5. The summed E-state index contributed by atoms with van der Waals surface area (Å²) < 4.78 is 5.77. The molecule has 0 aliphatic carbocycles. The molecule has 0 spiro atoms. The largest absolute Gasteiger partial charge is 0.507 e. The van der Waals surface area contributed by atoms with E-state index < -0.39 is 17.7 Å². The molecule has 31 heavy (non-hydrogen) atoms. The number of ether oxygens (including phenoxy) is 1. The molecule has 1 amide bonds. The van der Waals surface area contributed by atoms with Crippen LogP contribution >= 0.6 is 0 Å². The number of carbonyl (C=O) groups excluding carboxylic acids is 2. The Bertz CT molecular complexity index is 949. The van der Waals surface area contributed by atoms with Gasteiger partial charge >= 0.3 is 0 Å². The van der Waals surface area contributed by atoms with Gasteiger partial charge in [0.15, 0.2) is 0 Å². The lowest BCUT2D eigenvalue weighted by atomic mass is 9.95. The summed E-state index contributed by atoms with van der Waals surface area (Å²) in [4.78, 5) is 27.5. The number of benzene rings is 2. The maximum absolute atomic E-state index is 13.0. The Balaban J connectivity index is 2.03. The fourth-order valence-electron chi connectivity index (χ4n) is 3.78. The van der Waals surface area contributed by atoms with Crippen LogP contribution < -0.4 is 4.74 Å². The maximum atomic E-state index is 13.0. The van der Waals surface area contributed by atoms with Crippen LogP contribution in [0.5, 0.6) is 5.75 Å². The Kier molecular flexibility index (Phi) is 7.50. The van der Waals surface area contributed by atoms with Crippen molar-refractivity contribution >= 4 is 17.4 Å². The summed E-state index contributed by atoms with van der Waals surface area (Å²) in [6.07, 6.45) is 2.80. The van der Waals surface area contributed by atoms with E-state index in [1.54, 1.807) is 23.1 Å². The minimum atomic E-state index is -0.642. The van der Waals surface area contributed by atoms with Crippen LogP contribution in [0.25, 0.3) is 5.76 Å². The molecule has 1 heterocycles. The molecular weight excluding hydrogens is 390 g/mol. The van der Waals surface area contributed by atoms with Crippen molar-refractivity contribution in [3.63, 3.8) is 0 Å². The minimum Gasteiger partial charge on any atom is -0.507 e. The molecule has 0 aromatic heterocycles. The molecule has 164 valence electrons. The molecule has 1 unspecified atom stereocenters. The third-order valence-corrected chi connectivity index (χ3v) is 5.35. The van der Waals surface area contributed by atoms with Crippen molar-refractivity contribution in [1.82, 2.24) is 4.90 Å². The van der Waals surface area contributed by atoms with Gasteiger partial charge in [-0.1, -0.05) is 76.1 Å². The summed E-state index contributed by atoms with van der Waals surface area (Å²) in [5.74, 6) is -0.384. The van der Waals surface area contributed by atoms with Crippen LogP contribution in [0.15, 0.2) is 60.2 Å². The monoisotopic (exact) mass is 421 g/mol. The molecule has 0 radical (unpaired) electrons. The van der Waals surface area contributed by atoms with Crippen molar-refractivity contribution in [3.8, 4) is 5.75 Å². The van der Waals surface area contributed by atoms with Crippen molar-refractivity contribution in [1.29, 1.82) is 0 Å². The summed E-state index contributed by atoms with van der Waals surface area (Å²) in [7, 11) is 0. The van der Waals surface area contributed by atoms with Crippen LogP contribution in [0.3, 0.4) is 0 Å². The number of ketones is 1. The normalized spacial score (nSPS) is 18.1. The molecule has 1 saturated heterocycles. The standard InChI is InChI=1S/C26H31NO4/c1-4-5-9-15-27-23(19-11-7-6-8-12-19)22(25(29)26(27)30)24(28)20-13-10-14-21(16-20)31-17-18(2)3/h6-8,10-14,16,18,23,28H,4-5,9,15,17H2,1-3H3/b24-22-. The fraction of sp³-hybridized carbons (Fsp3) is 0.385. The third kappa shape index (κ3) is 5.16. The molecule has 1 fully saturated rings. The Morgan fingerprint density at radius 3 is 2.48 bits per heavy atom. The molecule has 1 aliphatic rings. The van der Waals surface area contributed by atoms with Gasteiger partial charge in [-0.05, 0) is 30.0 Å². The van der Waals surface area contributed by atoms with Crippen LogP contribution in [0.2, 0.25) is 0 Å². The SMILES string of the molecule is CCCCCN1C(=O)C(=O)/C(=C(\O)c2cccc(OCC(C)C)c2)C1c1ccccc1. The van der Waals surface area contributed by atoms with Gasteiger partial charge in [-0.25, -0.2) is 0 Å². The highest BCUT2D eigenvalue weighted by Gasteiger charge is 2.45. The number of likely N-dealkylation sites (tertiary alicyclic amines) is 1. The Morgan fingerprint density at radius 1 is 1.06 bits per heavy atom. The zero-order valence-corrected chi connectivity index (χ0v) is 18.5. The van der Waals surface area contributed by atoms with Crippen molar-refractivity contribution in [2.75, 3.05) is 13.2 Å². The Labute approximate surface area is 184 Å². The van der Waals surface area contributed by atoms with Crippen molar-refractivity contribution < 1.29 is 19.4 Å². The molecule has 5 heteroatoms. The number of hydrogen-bond donors (Lipinski definition) is 1. The number of aliphatic hydroxyl groups excluding tert-OH is 1. The highest BCUT2D eigenvalue weighted by molar-refractivity contribution is 6.46. The van der Waals surface area contributed by atoms with Crippen LogP contribution in [-0.2, 0) is 9.59 Å². The molecule has 5 nitrogen and oxygen atoms in total. The molecule has 1 atom stereocenters. The predicted molar refractivity (Wildman–Crippen MR) is 122 cm³/mol. The molecule has 3 rings (SSSR count). The number of hydrogen-bond acceptors (Lipinski definition) is 4. The number of unbranched alkanes of at least 4 members (excludes halogenated alkanes) is 2. The first-order valence-corrected chi connectivity index (χ1v) is 11.0. The fourth-order valence-corrected chi connectivity index (χ4v) is 3.78. The van der Waals surface area contributed by atoms with E-state index in [0.717, 1.165) is 24.8 Å². The Morgan fingerprint density at radius 2 is 1.81 bits per heavy atom. The van der Waals surface area contributed by atoms with Crippen LogP contribution in [0.1, 0.15) is 57.2 Å². The molecule has 1 aliphatic heterocycles. The molecule has 2 aromatic rings. The number of rotatable bonds is 9. The van der Waals surface area contributed by atoms with E-state index in [2.05, 4.69) is 20.8 Å². The summed E-state index contributed by atoms with van der Waals surface area (Å²) in [6, 6.07) is 15.9. The maximum Gasteiger partial charge on any atom is 0.295 e. The second kappa shape index (κ2) is 10.3. The topological polar surface area (TPSA) is 66.8 Å². The van der Waals surface area contributed by atoms with Crippen molar-refractivity contribution in [3.05, 3.63) is 71.3 Å². The van der Waals surface area contributed by atoms with E-state index in [0.29, 0.717) is 30.4 Å². The molecule has 2 aromatic carbocycles. The van der Waals surface area contributed by atoms with E-state index in [-0.39, 0.29) is 11.3 Å². The van der Waals surface area contributed by atoms with Gasteiger partial charge in [0, 0.05) is 12.1 Å². The second-order valence-corrected chi connectivity index (χ2v) is 8.34. The van der Waals surface area contributed by atoms with E-state index in [9.17, 15) is 14.7 Å². The number of Topliss-reactive ketones (excluding diaryl/α,β-unsaturated/α-hetero) is 1. The first-order chi connectivity index (χ1) is 14.9. The van der Waals surface area contributed by atoms with Crippen LogP contribution in [0, 0.1) is 5.92 Å². The zero-order chi connectivity index (χ0) is 22.4. The molecular formula is C26H31NO4. The number of aliphatic hydroxyl groups is 1. The van der Waals surface area contributed by atoms with Gasteiger partial charge in [0.1, 0.15) is 11.5 Å². The number of carbonyl (C=O) groups is 2. The molecule has 0 bridgehead atoms. The average molecular weight is 422 g/mol. The lowest BCUT2D eigenvalue weighted by Crippen LogP contribution is -2.30. The van der Waals surface area contributed by atoms with E-state index in [1.165, 1.54) is 0 Å². The second-order valence-electron chi connectivity index (χ2n) is 8.34. The highest BCUT2D eigenvalue weighted by Crippen LogP contribution is 2.39. The smallest absolute Gasteiger partial charge is 0.295 e. The first-order valence-electron chi connectivity index (χ1n) is 11.0. The van der Waals surface area contributed by atoms with Gasteiger partial charge in [-0.3, -0.25) is 9.59 Å². The quantitative estimate of drug-likeness (QED) is 0.257. The Hall–Kier alpha value is -3.08. The summed E-state index contributed by atoms with van der Waals surface area (Å²) in [6.45, 7) is 7.24. The lowest BCUT2D eigenvalue weighted by Gasteiger charge is -2.25. The van der Waals surface area contributed by atoms with Gasteiger partial charge in [0.25, 0.3) is 11.7 Å². The van der Waals surface area contributed by atoms with E-state index >= 15 is 0 Å². The highest BCUT2D eigenvalue weighted by atomic mass is 16.5. The molecule has 1 N–H and O–H groups in total. The van der Waals surface area contributed by atoms with Gasteiger partial charge in [0.05, 0.1) is 18.2 Å². The summed E-state index contributed by atoms with van der Waals surface area (Å²) in [5, 5.41) is 11.2. The first kappa shape index (κ1) is 22.6. The number of nitrogens with zero attached hydrogens (tertiary/aromatic N) is 1. The average Bonchev–Trinajstić information content (AvgIpc) is 3.03. The van der Waals surface area contributed by atoms with Crippen molar-refractivity contribution in [2.45, 2.75) is 46.1 Å². The summed E-state index contributed by atoms with van der Waals surface area (Å²) in [5.41, 5.74) is 1.41.